The van der Waals surface area contributed by atoms with Gasteiger partial charge in [0.1, 0.15) is 18.6 Å². The van der Waals surface area contributed by atoms with Gasteiger partial charge in [-0.1, -0.05) is 23.8 Å². The van der Waals surface area contributed by atoms with E-state index in [1.807, 2.05) is 18.2 Å². The van der Waals surface area contributed by atoms with Crippen molar-refractivity contribution in [2.24, 2.45) is 23.2 Å². The highest BCUT2D eigenvalue weighted by Crippen LogP contribution is 2.70. The second-order valence-corrected chi connectivity index (χ2v) is 11.2. The Morgan fingerprint density at radius 3 is 2.83 bits per heavy atom. The van der Waals surface area contributed by atoms with E-state index >= 15 is 0 Å². The summed E-state index contributed by atoms with van der Waals surface area (Å²) in [6.45, 7) is 6.15. The fraction of sp³-hybridized carbons (Fsp3) is 0.393. The summed E-state index contributed by atoms with van der Waals surface area (Å²) in [4.78, 5) is 30.3. The van der Waals surface area contributed by atoms with Gasteiger partial charge in [0.2, 0.25) is 0 Å². The van der Waals surface area contributed by atoms with Crippen molar-refractivity contribution in [3.63, 3.8) is 0 Å². The number of aromatic carboxylic acids is 1. The van der Waals surface area contributed by atoms with Gasteiger partial charge in [-0.3, -0.25) is 0 Å². The number of aldehydes is 1. The number of aromatic nitrogens is 1. The predicted molar refractivity (Wildman–Crippen MR) is 135 cm³/mol. The molecule has 1 spiro atoms. The molecule has 6 nitrogen and oxygen atoms in total. The average Bonchev–Trinajstić information content (AvgIpc) is 3.46. The van der Waals surface area contributed by atoms with E-state index in [0.717, 1.165) is 51.9 Å². The number of carboxylic acid groups (broad SMARTS) is 1. The first-order chi connectivity index (χ1) is 16.9. The average molecular weight is 489 g/mol. The van der Waals surface area contributed by atoms with Crippen molar-refractivity contribution in [1.29, 1.82) is 0 Å². The Bertz CT molecular complexity index is 1330. The molecule has 1 aliphatic heterocycles. The van der Waals surface area contributed by atoms with E-state index < -0.39 is 5.97 Å². The number of carbonyl (C=O) groups is 2. The van der Waals surface area contributed by atoms with Crippen molar-refractivity contribution in [2.45, 2.75) is 33.3 Å². The first kappa shape index (κ1) is 22.3. The van der Waals surface area contributed by atoms with Crippen LogP contribution in [0.4, 0.5) is 5.13 Å². The standard InChI is InChI=1S/C28H28N2O4S/c1-16-3-6-25(34-13-18-4-5-19(26(32)33)17(2)10-18)20(9-16)24-14-35-27(29-24)30-11-23-21(12-31)22-7-8-28(22,23)15-30/h3-6,9-10,12,14,21-23H,7-8,11,13,15H2,1-2H3,(H,32,33). The summed E-state index contributed by atoms with van der Waals surface area (Å²) < 4.78 is 6.20. The summed E-state index contributed by atoms with van der Waals surface area (Å²) in [6.07, 6.45) is 3.63. The third-order valence-electron chi connectivity index (χ3n) is 8.48. The maximum Gasteiger partial charge on any atom is 0.335 e. The van der Waals surface area contributed by atoms with E-state index in [1.54, 1.807) is 30.4 Å². The van der Waals surface area contributed by atoms with Crippen molar-refractivity contribution in [3.05, 3.63) is 64.0 Å². The maximum absolute atomic E-state index is 11.6. The Labute approximate surface area is 208 Å². The number of hydrogen-bond acceptors (Lipinski definition) is 6. The summed E-state index contributed by atoms with van der Waals surface area (Å²) in [7, 11) is 0. The first-order valence-corrected chi connectivity index (χ1v) is 13.0. The molecule has 2 saturated carbocycles. The van der Waals surface area contributed by atoms with E-state index in [0.29, 0.717) is 29.4 Å². The minimum atomic E-state index is -0.921. The molecule has 7 heteroatoms. The molecule has 6 rings (SSSR count). The van der Waals surface area contributed by atoms with Gasteiger partial charge in [-0.2, -0.15) is 0 Å². The predicted octanol–water partition coefficient (Wildman–Crippen LogP) is 5.37. The lowest BCUT2D eigenvalue weighted by atomic mass is 9.39. The molecule has 35 heavy (non-hydrogen) atoms. The highest BCUT2D eigenvalue weighted by atomic mass is 32.1. The number of carbonyl (C=O) groups excluding carboxylic acids is 1. The van der Waals surface area contributed by atoms with Gasteiger partial charge >= 0.3 is 5.97 Å². The molecule has 3 fully saturated rings. The SMILES string of the molecule is Cc1ccc(OCc2ccc(C(=O)O)c(C)c2)c(-c2csc(N3CC4C(C=O)C5CCC54C3)n2)c1. The Morgan fingerprint density at radius 2 is 2.11 bits per heavy atom. The zero-order valence-electron chi connectivity index (χ0n) is 19.9. The van der Waals surface area contributed by atoms with Crippen LogP contribution >= 0.6 is 11.3 Å². The van der Waals surface area contributed by atoms with Crippen LogP contribution in [0.5, 0.6) is 5.75 Å². The molecule has 0 radical (unpaired) electrons. The zero-order chi connectivity index (χ0) is 24.3. The largest absolute Gasteiger partial charge is 0.488 e. The lowest BCUT2D eigenvalue weighted by Gasteiger charge is -2.64. The normalized spacial score (nSPS) is 26.3. The third-order valence-corrected chi connectivity index (χ3v) is 9.38. The van der Waals surface area contributed by atoms with Crippen molar-refractivity contribution < 1.29 is 19.4 Å². The van der Waals surface area contributed by atoms with E-state index in [1.165, 1.54) is 19.1 Å². The van der Waals surface area contributed by atoms with Gasteiger partial charge in [0, 0.05) is 30.0 Å². The summed E-state index contributed by atoms with van der Waals surface area (Å²) >= 11 is 1.66. The fourth-order valence-electron chi connectivity index (χ4n) is 6.59. The number of nitrogens with zero attached hydrogens (tertiary/aromatic N) is 2. The highest BCUT2D eigenvalue weighted by Gasteiger charge is 2.70. The molecule has 1 N–H and O–H groups in total. The number of ether oxygens (including phenoxy) is 1. The molecular weight excluding hydrogens is 460 g/mol. The van der Waals surface area contributed by atoms with Gasteiger partial charge in [-0.15, -0.1) is 11.3 Å². The van der Waals surface area contributed by atoms with Crippen LogP contribution in [0.15, 0.2) is 41.8 Å². The molecule has 3 aromatic rings. The van der Waals surface area contributed by atoms with Crippen LogP contribution in [-0.2, 0) is 11.4 Å². The molecule has 1 aromatic heterocycles. The molecule has 0 bridgehead atoms. The molecule has 2 aliphatic carbocycles. The highest BCUT2D eigenvalue weighted by molar-refractivity contribution is 7.14. The van der Waals surface area contributed by atoms with Gasteiger partial charge in [0.25, 0.3) is 0 Å². The molecule has 180 valence electrons. The molecule has 0 amide bonds. The van der Waals surface area contributed by atoms with Crippen LogP contribution in [0.2, 0.25) is 0 Å². The van der Waals surface area contributed by atoms with Gasteiger partial charge in [0.15, 0.2) is 5.13 Å². The first-order valence-electron chi connectivity index (χ1n) is 12.1. The quantitative estimate of drug-likeness (QED) is 0.451. The monoisotopic (exact) mass is 488 g/mol. The second-order valence-electron chi connectivity index (χ2n) is 10.3. The minimum absolute atomic E-state index is 0.234. The van der Waals surface area contributed by atoms with Gasteiger partial charge in [-0.05, 0) is 73.3 Å². The van der Waals surface area contributed by atoms with Gasteiger partial charge in [0.05, 0.1) is 11.3 Å². The van der Waals surface area contributed by atoms with Crippen molar-refractivity contribution in [1.82, 2.24) is 4.98 Å². The zero-order valence-corrected chi connectivity index (χ0v) is 20.7. The van der Waals surface area contributed by atoms with Crippen LogP contribution in [-0.4, -0.2) is 35.4 Å². The van der Waals surface area contributed by atoms with Crippen LogP contribution in [0, 0.1) is 37.0 Å². The molecule has 1 saturated heterocycles. The van der Waals surface area contributed by atoms with Crippen molar-refractivity contribution in [2.75, 3.05) is 18.0 Å². The fourth-order valence-corrected chi connectivity index (χ4v) is 7.43. The molecular formula is C28H28N2O4S. The number of aryl methyl sites for hydroxylation is 2. The Morgan fingerprint density at radius 1 is 1.26 bits per heavy atom. The minimum Gasteiger partial charge on any atom is -0.488 e. The van der Waals surface area contributed by atoms with Gasteiger partial charge < -0.3 is 19.5 Å². The van der Waals surface area contributed by atoms with Gasteiger partial charge in [-0.25, -0.2) is 9.78 Å². The van der Waals surface area contributed by atoms with Crippen molar-refractivity contribution >= 4 is 28.7 Å². The number of benzene rings is 2. The summed E-state index contributed by atoms with van der Waals surface area (Å²) in [5.41, 5.74) is 5.29. The molecule has 2 aromatic carbocycles. The number of rotatable bonds is 7. The summed E-state index contributed by atoms with van der Waals surface area (Å²) in [6, 6.07) is 11.4. The summed E-state index contributed by atoms with van der Waals surface area (Å²) in [5, 5.41) is 12.4. The van der Waals surface area contributed by atoms with Crippen LogP contribution in [0.1, 0.15) is 39.9 Å². The van der Waals surface area contributed by atoms with Crippen LogP contribution < -0.4 is 9.64 Å². The lowest BCUT2D eigenvalue weighted by molar-refractivity contribution is -0.170. The van der Waals surface area contributed by atoms with Crippen LogP contribution in [0.25, 0.3) is 11.3 Å². The number of carboxylic acids is 1. The van der Waals surface area contributed by atoms with Crippen molar-refractivity contribution in [3.8, 4) is 17.0 Å². The van der Waals surface area contributed by atoms with E-state index in [4.69, 9.17) is 9.72 Å². The number of hydrogen-bond donors (Lipinski definition) is 1. The Balaban J connectivity index is 1.21. The van der Waals surface area contributed by atoms with E-state index in [-0.39, 0.29) is 5.92 Å². The topological polar surface area (TPSA) is 79.7 Å². The molecule has 2 heterocycles. The van der Waals surface area contributed by atoms with Crippen LogP contribution in [0.3, 0.4) is 0 Å². The molecule has 4 atom stereocenters. The Kier molecular flexibility index (Phi) is 5.22. The van der Waals surface area contributed by atoms with E-state index in [9.17, 15) is 14.7 Å². The van der Waals surface area contributed by atoms with E-state index in [2.05, 4.69) is 23.3 Å². The third kappa shape index (κ3) is 3.47. The Hall–Kier alpha value is -3.19. The smallest absolute Gasteiger partial charge is 0.335 e. The summed E-state index contributed by atoms with van der Waals surface area (Å²) in [5.74, 6) is 1.14. The number of anilines is 1. The second kappa shape index (κ2) is 8.19. The molecule has 4 unspecified atom stereocenters. The lowest BCUT2D eigenvalue weighted by Crippen LogP contribution is -2.63. The number of thiazole rings is 1. The maximum atomic E-state index is 11.6. The molecule has 3 aliphatic rings.